The maximum atomic E-state index is 5.84. The SMILES string of the molecule is CCNC(=NCc1ccc(CN2CC(C)OC(C)C2)cc1)NCC1(CCOC)CCC1. The van der Waals surface area contributed by atoms with Crippen LogP contribution in [0.4, 0.5) is 0 Å². The van der Waals surface area contributed by atoms with Crippen LogP contribution in [0.25, 0.3) is 0 Å². The fraction of sp³-hybridized carbons (Fsp3) is 0.720. The molecule has 0 amide bonds. The van der Waals surface area contributed by atoms with Crippen molar-refractivity contribution in [2.24, 2.45) is 10.4 Å². The van der Waals surface area contributed by atoms with Gasteiger partial charge < -0.3 is 20.1 Å². The predicted molar refractivity (Wildman–Crippen MR) is 127 cm³/mol. The predicted octanol–water partition coefficient (Wildman–Crippen LogP) is 3.56. The molecule has 2 unspecified atom stereocenters. The van der Waals surface area contributed by atoms with Crippen LogP contribution in [0.15, 0.2) is 29.3 Å². The van der Waals surface area contributed by atoms with Crippen molar-refractivity contribution in [2.45, 2.75) is 71.8 Å². The molecule has 0 bridgehead atoms. The number of methoxy groups -OCH3 is 1. The number of hydrogen-bond acceptors (Lipinski definition) is 4. The van der Waals surface area contributed by atoms with Crippen molar-refractivity contribution in [3.63, 3.8) is 0 Å². The summed E-state index contributed by atoms with van der Waals surface area (Å²) < 4.78 is 11.2. The Balaban J connectivity index is 1.51. The van der Waals surface area contributed by atoms with Gasteiger partial charge >= 0.3 is 0 Å². The van der Waals surface area contributed by atoms with Gasteiger partial charge in [-0.2, -0.15) is 0 Å². The van der Waals surface area contributed by atoms with Gasteiger partial charge in [0.15, 0.2) is 5.96 Å². The van der Waals surface area contributed by atoms with E-state index in [1.807, 2.05) is 0 Å². The first-order chi connectivity index (χ1) is 15.0. The molecule has 0 aromatic heterocycles. The standard InChI is InChI=1S/C25H42N4O2/c1-5-26-24(28-19-25(11-6-12-25)13-14-30-4)27-15-22-7-9-23(10-8-22)18-29-16-20(2)31-21(3)17-29/h7-10,20-21H,5-6,11-19H2,1-4H3,(H2,26,27,28). The summed E-state index contributed by atoms with van der Waals surface area (Å²) in [7, 11) is 1.79. The average Bonchev–Trinajstić information content (AvgIpc) is 2.71. The first-order valence-corrected chi connectivity index (χ1v) is 12.0. The van der Waals surface area contributed by atoms with Gasteiger partial charge in [0.25, 0.3) is 0 Å². The number of hydrogen-bond donors (Lipinski definition) is 2. The van der Waals surface area contributed by atoms with Gasteiger partial charge in [-0.25, -0.2) is 4.99 Å². The summed E-state index contributed by atoms with van der Waals surface area (Å²) in [6.07, 6.45) is 5.63. The van der Waals surface area contributed by atoms with E-state index in [4.69, 9.17) is 14.5 Å². The Morgan fingerprint density at radius 2 is 1.81 bits per heavy atom. The van der Waals surface area contributed by atoms with E-state index in [1.165, 1.54) is 30.4 Å². The molecule has 6 nitrogen and oxygen atoms in total. The largest absolute Gasteiger partial charge is 0.385 e. The highest BCUT2D eigenvalue weighted by atomic mass is 16.5. The van der Waals surface area contributed by atoms with E-state index in [0.717, 1.165) is 51.7 Å². The van der Waals surface area contributed by atoms with Crippen LogP contribution in [0.2, 0.25) is 0 Å². The number of nitrogens with zero attached hydrogens (tertiary/aromatic N) is 2. The molecule has 1 heterocycles. The molecule has 1 aromatic carbocycles. The summed E-state index contributed by atoms with van der Waals surface area (Å²) in [4.78, 5) is 7.31. The van der Waals surface area contributed by atoms with E-state index in [-0.39, 0.29) is 0 Å². The van der Waals surface area contributed by atoms with Crippen LogP contribution in [-0.2, 0) is 22.6 Å². The topological polar surface area (TPSA) is 58.1 Å². The smallest absolute Gasteiger partial charge is 0.191 e. The van der Waals surface area contributed by atoms with Crippen molar-refractivity contribution in [3.8, 4) is 0 Å². The summed E-state index contributed by atoms with van der Waals surface area (Å²) in [5, 5.41) is 6.97. The molecule has 31 heavy (non-hydrogen) atoms. The normalized spacial score (nSPS) is 23.9. The van der Waals surface area contributed by atoms with E-state index in [1.54, 1.807) is 7.11 Å². The highest BCUT2D eigenvalue weighted by molar-refractivity contribution is 5.79. The second kappa shape index (κ2) is 11.8. The quantitative estimate of drug-likeness (QED) is 0.439. The first kappa shape index (κ1) is 24.0. The molecule has 1 aromatic rings. The van der Waals surface area contributed by atoms with E-state index in [0.29, 0.717) is 24.2 Å². The Bertz CT molecular complexity index is 677. The molecular formula is C25H42N4O2. The van der Waals surface area contributed by atoms with Crippen molar-refractivity contribution in [2.75, 3.05) is 39.9 Å². The summed E-state index contributed by atoms with van der Waals surface area (Å²) in [6, 6.07) is 8.90. The van der Waals surface area contributed by atoms with Crippen LogP contribution in [-0.4, -0.2) is 63.0 Å². The van der Waals surface area contributed by atoms with Gasteiger partial charge in [-0.1, -0.05) is 30.7 Å². The summed E-state index contributed by atoms with van der Waals surface area (Å²) in [5.41, 5.74) is 2.97. The molecule has 3 rings (SSSR count). The van der Waals surface area contributed by atoms with Gasteiger partial charge in [-0.05, 0) is 56.6 Å². The number of aliphatic imine (C=N–C) groups is 1. The third kappa shape index (κ3) is 7.48. The van der Waals surface area contributed by atoms with E-state index in [9.17, 15) is 0 Å². The number of rotatable bonds is 10. The summed E-state index contributed by atoms with van der Waals surface area (Å²) in [6.45, 7) is 12.8. The summed E-state index contributed by atoms with van der Waals surface area (Å²) >= 11 is 0. The molecule has 2 fully saturated rings. The highest BCUT2D eigenvalue weighted by Gasteiger charge is 2.36. The lowest BCUT2D eigenvalue weighted by molar-refractivity contribution is -0.0704. The van der Waals surface area contributed by atoms with E-state index < -0.39 is 0 Å². The van der Waals surface area contributed by atoms with Gasteiger partial charge in [0.2, 0.25) is 0 Å². The van der Waals surface area contributed by atoms with Gasteiger partial charge in [0.1, 0.15) is 0 Å². The maximum absolute atomic E-state index is 5.84. The van der Waals surface area contributed by atoms with Crippen molar-refractivity contribution in [3.05, 3.63) is 35.4 Å². The van der Waals surface area contributed by atoms with Crippen LogP contribution >= 0.6 is 0 Å². The molecule has 6 heteroatoms. The molecule has 0 radical (unpaired) electrons. The van der Waals surface area contributed by atoms with E-state index >= 15 is 0 Å². The Kier molecular flexibility index (Phi) is 9.17. The number of benzene rings is 1. The Labute approximate surface area is 188 Å². The molecule has 1 saturated carbocycles. The minimum Gasteiger partial charge on any atom is -0.385 e. The van der Waals surface area contributed by atoms with Crippen molar-refractivity contribution >= 4 is 5.96 Å². The second-order valence-electron chi connectivity index (χ2n) is 9.41. The minimum absolute atomic E-state index is 0.308. The fourth-order valence-corrected chi connectivity index (χ4v) is 4.72. The van der Waals surface area contributed by atoms with Gasteiger partial charge in [-0.3, -0.25) is 4.90 Å². The lowest BCUT2D eigenvalue weighted by Gasteiger charge is -2.42. The summed E-state index contributed by atoms with van der Waals surface area (Å²) in [5.74, 6) is 0.909. The first-order valence-electron chi connectivity index (χ1n) is 12.0. The Hall–Kier alpha value is -1.63. The number of morpholine rings is 1. The van der Waals surface area contributed by atoms with Gasteiger partial charge in [0.05, 0.1) is 18.8 Å². The van der Waals surface area contributed by atoms with Gasteiger partial charge in [-0.15, -0.1) is 0 Å². The molecule has 2 atom stereocenters. The fourth-order valence-electron chi connectivity index (χ4n) is 4.72. The zero-order valence-electron chi connectivity index (χ0n) is 20.0. The van der Waals surface area contributed by atoms with Crippen LogP contribution < -0.4 is 10.6 Å². The third-order valence-corrected chi connectivity index (χ3v) is 6.57. The van der Waals surface area contributed by atoms with Crippen molar-refractivity contribution < 1.29 is 9.47 Å². The minimum atomic E-state index is 0.308. The van der Waals surface area contributed by atoms with Gasteiger partial charge in [0, 0.05) is 46.4 Å². The van der Waals surface area contributed by atoms with Crippen LogP contribution in [0.1, 0.15) is 57.6 Å². The van der Waals surface area contributed by atoms with Crippen molar-refractivity contribution in [1.29, 1.82) is 0 Å². The molecule has 1 saturated heterocycles. The number of nitrogens with one attached hydrogen (secondary N) is 2. The van der Waals surface area contributed by atoms with Crippen LogP contribution in [0.5, 0.6) is 0 Å². The molecule has 174 valence electrons. The molecule has 2 aliphatic rings. The Morgan fingerprint density at radius 3 is 2.39 bits per heavy atom. The molecule has 1 aliphatic heterocycles. The highest BCUT2D eigenvalue weighted by Crippen LogP contribution is 2.43. The number of ether oxygens (including phenoxy) is 2. The number of guanidine groups is 1. The van der Waals surface area contributed by atoms with E-state index in [2.05, 4.69) is 60.6 Å². The zero-order valence-corrected chi connectivity index (χ0v) is 20.0. The molecule has 2 N–H and O–H groups in total. The molecule has 1 aliphatic carbocycles. The second-order valence-corrected chi connectivity index (χ2v) is 9.41. The molecular weight excluding hydrogens is 388 g/mol. The third-order valence-electron chi connectivity index (χ3n) is 6.57. The monoisotopic (exact) mass is 430 g/mol. The van der Waals surface area contributed by atoms with Crippen LogP contribution in [0, 0.1) is 5.41 Å². The maximum Gasteiger partial charge on any atom is 0.191 e. The lowest BCUT2D eigenvalue weighted by atomic mass is 9.67. The van der Waals surface area contributed by atoms with Crippen molar-refractivity contribution in [1.82, 2.24) is 15.5 Å². The molecule has 0 spiro atoms. The van der Waals surface area contributed by atoms with Crippen LogP contribution in [0.3, 0.4) is 0 Å². The zero-order chi connectivity index (χ0) is 22.1. The Morgan fingerprint density at radius 1 is 1.13 bits per heavy atom. The lowest BCUT2D eigenvalue weighted by Crippen LogP contribution is -2.46. The average molecular weight is 431 g/mol.